The first-order chi connectivity index (χ1) is 14.4. The molecular formula is C27H34O2. The van der Waals surface area contributed by atoms with Gasteiger partial charge in [-0.1, -0.05) is 67.4 Å². The van der Waals surface area contributed by atoms with Crippen LogP contribution in [0.2, 0.25) is 0 Å². The van der Waals surface area contributed by atoms with Crippen molar-refractivity contribution in [2.45, 2.75) is 70.5 Å². The van der Waals surface area contributed by atoms with E-state index in [4.69, 9.17) is 9.47 Å². The lowest BCUT2D eigenvalue weighted by molar-refractivity contribution is -0.162. The van der Waals surface area contributed by atoms with E-state index in [2.05, 4.69) is 54.6 Å². The van der Waals surface area contributed by atoms with Crippen LogP contribution in [-0.2, 0) is 22.3 Å². The van der Waals surface area contributed by atoms with Crippen molar-refractivity contribution < 1.29 is 9.47 Å². The van der Waals surface area contributed by atoms with E-state index < -0.39 is 0 Å². The van der Waals surface area contributed by atoms with E-state index in [1.807, 2.05) is 0 Å². The van der Waals surface area contributed by atoms with Crippen LogP contribution in [0.15, 0.2) is 48.5 Å². The minimum Gasteiger partial charge on any atom is -0.353 e. The molecule has 2 aromatic rings. The van der Waals surface area contributed by atoms with Gasteiger partial charge in [0.2, 0.25) is 0 Å². The Labute approximate surface area is 175 Å². The van der Waals surface area contributed by atoms with Crippen LogP contribution in [-0.4, -0.2) is 19.5 Å². The van der Waals surface area contributed by atoms with Gasteiger partial charge in [0.05, 0.1) is 0 Å². The van der Waals surface area contributed by atoms with Gasteiger partial charge in [0, 0.05) is 13.2 Å². The van der Waals surface area contributed by atoms with Crippen molar-refractivity contribution in [1.29, 1.82) is 0 Å². The largest absolute Gasteiger partial charge is 0.353 e. The smallest absolute Gasteiger partial charge is 0.157 e. The Bertz CT molecular complexity index is 787. The average Bonchev–Trinajstić information content (AvgIpc) is 2.79. The molecule has 154 valence electrons. The molecule has 0 aromatic heterocycles. The van der Waals surface area contributed by atoms with Crippen LogP contribution in [0.5, 0.6) is 0 Å². The number of benzene rings is 2. The number of hydrogen-bond donors (Lipinski definition) is 0. The van der Waals surface area contributed by atoms with Crippen molar-refractivity contribution in [3.8, 4) is 0 Å². The van der Waals surface area contributed by atoms with E-state index in [1.165, 1.54) is 66.4 Å². The van der Waals surface area contributed by atoms with E-state index in [-0.39, 0.29) is 6.29 Å². The van der Waals surface area contributed by atoms with Crippen LogP contribution >= 0.6 is 0 Å². The van der Waals surface area contributed by atoms with Gasteiger partial charge in [0.1, 0.15) is 0 Å². The molecule has 2 aliphatic rings. The van der Waals surface area contributed by atoms with Gasteiger partial charge in [-0.25, -0.2) is 0 Å². The van der Waals surface area contributed by atoms with Crippen molar-refractivity contribution in [1.82, 2.24) is 0 Å². The van der Waals surface area contributed by atoms with E-state index in [0.29, 0.717) is 0 Å². The van der Waals surface area contributed by atoms with Crippen LogP contribution in [0.4, 0.5) is 0 Å². The van der Waals surface area contributed by atoms with Crippen LogP contribution in [0.3, 0.4) is 0 Å². The number of rotatable bonds is 9. The number of ether oxygens (including phenoxy) is 2. The Hall–Kier alpha value is -1.90. The molecule has 4 rings (SSSR count). The van der Waals surface area contributed by atoms with E-state index in [9.17, 15) is 0 Å². The predicted molar refractivity (Wildman–Crippen MR) is 121 cm³/mol. The molecule has 1 unspecified atom stereocenters. The van der Waals surface area contributed by atoms with Crippen molar-refractivity contribution >= 4 is 11.6 Å². The summed E-state index contributed by atoms with van der Waals surface area (Å²) in [5.41, 5.74) is 7.23. The topological polar surface area (TPSA) is 18.5 Å². The molecule has 0 saturated carbocycles. The third kappa shape index (κ3) is 6.04. The van der Waals surface area contributed by atoms with Gasteiger partial charge in [-0.15, -0.1) is 0 Å². The van der Waals surface area contributed by atoms with E-state index in [0.717, 1.165) is 38.9 Å². The molecule has 1 aliphatic carbocycles. The minimum atomic E-state index is 0.0630. The predicted octanol–water partition coefficient (Wildman–Crippen LogP) is 6.82. The second-order valence-corrected chi connectivity index (χ2v) is 8.40. The maximum atomic E-state index is 5.83. The molecule has 1 fully saturated rings. The summed E-state index contributed by atoms with van der Waals surface area (Å²) in [5.74, 6) is 0. The Morgan fingerprint density at radius 3 is 2.66 bits per heavy atom. The van der Waals surface area contributed by atoms with Crippen LogP contribution in [0.1, 0.15) is 73.6 Å². The first kappa shape index (κ1) is 20.4. The quantitative estimate of drug-likeness (QED) is 0.437. The highest BCUT2D eigenvalue weighted by Crippen LogP contribution is 2.31. The number of aryl methyl sites for hydroxylation is 2. The normalized spacial score (nSPS) is 18.9. The van der Waals surface area contributed by atoms with Gasteiger partial charge in [0.25, 0.3) is 0 Å². The third-order valence-electron chi connectivity index (χ3n) is 6.15. The fourth-order valence-corrected chi connectivity index (χ4v) is 4.41. The second-order valence-electron chi connectivity index (χ2n) is 8.40. The third-order valence-corrected chi connectivity index (χ3v) is 6.15. The van der Waals surface area contributed by atoms with Crippen LogP contribution in [0, 0.1) is 0 Å². The fraction of sp³-hybridized carbons (Fsp3) is 0.481. The minimum absolute atomic E-state index is 0.0630. The van der Waals surface area contributed by atoms with Gasteiger partial charge in [-0.2, -0.15) is 0 Å². The summed E-state index contributed by atoms with van der Waals surface area (Å²) in [6.45, 7) is 1.71. The zero-order valence-electron chi connectivity index (χ0n) is 17.6. The van der Waals surface area contributed by atoms with Crippen LogP contribution < -0.4 is 0 Å². The summed E-state index contributed by atoms with van der Waals surface area (Å²) in [7, 11) is 0. The molecule has 1 heterocycles. The fourth-order valence-electron chi connectivity index (χ4n) is 4.41. The van der Waals surface area contributed by atoms with Gasteiger partial charge >= 0.3 is 0 Å². The molecule has 1 aliphatic heterocycles. The lowest BCUT2D eigenvalue weighted by atomic mass is 9.87. The van der Waals surface area contributed by atoms with Gasteiger partial charge in [-0.3, -0.25) is 0 Å². The van der Waals surface area contributed by atoms with E-state index in [1.54, 1.807) is 0 Å². The van der Waals surface area contributed by atoms with Crippen molar-refractivity contribution in [3.05, 3.63) is 70.8 Å². The summed E-state index contributed by atoms with van der Waals surface area (Å²) in [6.07, 6.45) is 14.4. The Morgan fingerprint density at radius 1 is 0.897 bits per heavy atom. The zero-order chi connectivity index (χ0) is 19.7. The molecule has 0 spiro atoms. The first-order valence-corrected chi connectivity index (χ1v) is 11.5. The number of fused-ring (bicyclic) bond motifs is 1. The van der Waals surface area contributed by atoms with Crippen molar-refractivity contribution in [3.63, 3.8) is 0 Å². The lowest BCUT2D eigenvalue weighted by Crippen LogP contribution is -2.22. The van der Waals surface area contributed by atoms with Crippen LogP contribution in [0.25, 0.3) is 11.6 Å². The molecule has 2 nitrogen and oxygen atoms in total. The molecule has 29 heavy (non-hydrogen) atoms. The molecule has 1 saturated heterocycles. The lowest BCUT2D eigenvalue weighted by Gasteiger charge is -2.22. The molecule has 2 aromatic carbocycles. The molecule has 0 amide bonds. The highest BCUT2D eigenvalue weighted by atomic mass is 16.7. The number of unbranched alkanes of at least 4 members (excludes halogenated alkanes) is 3. The van der Waals surface area contributed by atoms with Gasteiger partial charge in [-0.05, 0) is 79.2 Å². The Morgan fingerprint density at radius 2 is 1.79 bits per heavy atom. The summed E-state index contributed by atoms with van der Waals surface area (Å²) < 4.78 is 11.4. The van der Waals surface area contributed by atoms with Gasteiger partial charge in [0.15, 0.2) is 6.29 Å². The SMILES string of the molecule is C1=C(c2ccccc2)CCc2ccc(CCCCCCOC3CCCCO3)cc21. The second kappa shape index (κ2) is 10.8. The first-order valence-electron chi connectivity index (χ1n) is 11.5. The Balaban J connectivity index is 1.20. The van der Waals surface area contributed by atoms with Gasteiger partial charge < -0.3 is 9.47 Å². The summed E-state index contributed by atoms with van der Waals surface area (Å²) >= 11 is 0. The molecule has 0 bridgehead atoms. The highest BCUT2D eigenvalue weighted by Gasteiger charge is 2.14. The highest BCUT2D eigenvalue weighted by molar-refractivity contribution is 5.84. The Kier molecular flexibility index (Phi) is 7.56. The van der Waals surface area contributed by atoms with Crippen molar-refractivity contribution in [2.24, 2.45) is 0 Å². The molecular weight excluding hydrogens is 356 g/mol. The molecule has 2 heteroatoms. The molecule has 0 radical (unpaired) electrons. The molecule has 1 atom stereocenters. The number of allylic oxidation sites excluding steroid dienone is 1. The standard InChI is InChI=1S/C27H34O2/c1(2-8-18-28-27-13-7-9-19-29-27)4-10-22-14-15-24-16-17-25(21-26(24)20-22)23-11-5-3-6-12-23/h3,5-6,11-12,14-15,20-21,27H,1-2,4,7-10,13,16-19H2. The summed E-state index contributed by atoms with van der Waals surface area (Å²) in [5, 5.41) is 0. The molecule has 0 N–H and O–H groups in total. The summed E-state index contributed by atoms with van der Waals surface area (Å²) in [6, 6.07) is 17.9. The van der Waals surface area contributed by atoms with Crippen molar-refractivity contribution in [2.75, 3.05) is 13.2 Å². The van der Waals surface area contributed by atoms with E-state index >= 15 is 0 Å². The summed E-state index contributed by atoms with van der Waals surface area (Å²) in [4.78, 5) is 0. The maximum absolute atomic E-state index is 5.83. The monoisotopic (exact) mass is 390 g/mol. The average molecular weight is 391 g/mol. The zero-order valence-corrected chi connectivity index (χ0v) is 17.6. The maximum Gasteiger partial charge on any atom is 0.157 e. The number of hydrogen-bond acceptors (Lipinski definition) is 2.